The number of nitrogens with zero attached hydrogens (tertiary/aromatic N) is 1. The van der Waals surface area contributed by atoms with Crippen LogP contribution in [-0.4, -0.2) is 52.9 Å². The number of aliphatic hydroxyl groups is 1. The van der Waals surface area contributed by atoms with Gasteiger partial charge in [0.25, 0.3) is 5.91 Å². The number of aromatic nitrogens is 1. The van der Waals surface area contributed by atoms with Crippen LogP contribution in [0, 0.1) is 5.92 Å². The number of amides is 1. The minimum atomic E-state index is -0.895. The van der Waals surface area contributed by atoms with Crippen LogP contribution in [0.4, 0.5) is 0 Å². The smallest absolute Gasteiger partial charge is 0.328 e. The fourth-order valence-electron chi connectivity index (χ4n) is 2.68. The summed E-state index contributed by atoms with van der Waals surface area (Å²) in [4.78, 5) is 28.2. The summed E-state index contributed by atoms with van der Waals surface area (Å²) in [5.74, 6) is -0.830. The topological polar surface area (TPSA) is 118 Å². The van der Waals surface area contributed by atoms with E-state index in [1.54, 1.807) is 6.92 Å². The lowest BCUT2D eigenvalue weighted by molar-refractivity contribution is -0.150. The van der Waals surface area contributed by atoms with Crippen LogP contribution in [0.3, 0.4) is 0 Å². The molecule has 1 amide bonds. The van der Waals surface area contributed by atoms with Crippen molar-refractivity contribution in [3.8, 4) is 11.5 Å². The van der Waals surface area contributed by atoms with Crippen LogP contribution >= 0.6 is 0 Å². The maximum absolute atomic E-state index is 12.2. The zero-order chi connectivity index (χ0) is 22.8. The van der Waals surface area contributed by atoms with Crippen LogP contribution in [0.1, 0.15) is 42.7 Å². The zero-order valence-corrected chi connectivity index (χ0v) is 18.1. The first-order valence-corrected chi connectivity index (χ1v) is 10.2. The summed E-state index contributed by atoms with van der Waals surface area (Å²) in [5.41, 5.74) is 0.830. The number of aromatic hydroxyl groups is 1. The highest BCUT2D eigenvalue weighted by Gasteiger charge is 2.23. The maximum Gasteiger partial charge on any atom is 0.328 e. The second kappa shape index (κ2) is 11.9. The Morgan fingerprint density at radius 3 is 2.42 bits per heavy atom. The molecular formula is C23H30N2O6. The predicted molar refractivity (Wildman–Crippen MR) is 115 cm³/mol. The van der Waals surface area contributed by atoms with E-state index in [1.165, 1.54) is 39.1 Å². The Morgan fingerprint density at radius 2 is 1.87 bits per heavy atom. The molecule has 0 aliphatic heterocycles. The monoisotopic (exact) mass is 430 g/mol. The lowest BCUT2D eigenvalue weighted by Crippen LogP contribution is -2.41. The molecule has 3 N–H and O–H groups in total. The van der Waals surface area contributed by atoms with E-state index < -0.39 is 17.9 Å². The third-order valence-electron chi connectivity index (χ3n) is 4.66. The van der Waals surface area contributed by atoms with Crippen molar-refractivity contribution in [2.45, 2.75) is 45.3 Å². The molecule has 0 saturated heterocycles. The minimum absolute atomic E-state index is 0.122. The quantitative estimate of drug-likeness (QED) is 0.551. The van der Waals surface area contributed by atoms with Crippen LogP contribution in [0.25, 0.3) is 0 Å². The van der Waals surface area contributed by atoms with Crippen molar-refractivity contribution in [1.82, 2.24) is 10.3 Å². The normalized spacial score (nSPS) is 14.5. The molecule has 0 spiro atoms. The van der Waals surface area contributed by atoms with Gasteiger partial charge in [0.1, 0.15) is 12.1 Å². The third-order valence-corrected chi connectivity index (χ3v) is 4.66. The standard InChI is InChI=1S/C19H22N2O5.C4H8O/c1-12(11-14-7-5-4-6-8-14)26-19(24)13(2)21-18(23)16-17(22)15(25-3)9-10-20-16;5-3-4-1-2-4/h4-10,12-13,22H,11H2,1-3H3,(H,21,23);4-5H,1-3H2/t12?,13-;/m0./s1. The highest BCUT2D eigenvalue weighted by Crippen LogP contribution is 2.27. The fraction of sp³-hybridized carbons (Fsp3) is 0.435. The van der Waals surface area contributed by atoms with Gasteiger partial charge in [-0.25, -0.2) is 9.78 Å². The van der Waals surface area contributed by atoms with E-state index in [-0.39, 0.29) is 23.3 Å². The van der Waals surface area contributed by atoms with E-state index in [4.69, 9.17) is 14.6 Å². The molecule has 31 heavy (non-hydrogen) atoms. The predicted octanol–water partition coefficient (Wildman–Crippen LogP) is 2.48. The SMILES string of the molecule is COc1ccnc(C(=O)N[C@@H](C)C(=O)OC(C)Cc2ccccc2)c1O.OCC1CC1. The molecule has 1 aromatic carbocycles. The fourth-order valence-corrected chi connectivity index (χ4v) is 2.68. The summed E-state index contributed by atoms with van der Waals surface area (Å²) in [6.07, 6.45) is 4.09. The van der Waals surface area contributed by atoms with Gasteiger partial charge in [-0.1, -0.05) is 30.3 Å². The second-order valence-electron chi connectivity index (χ2n) is 7.47. The van der Waals surface area contributed by atoms with E-state index in [0.29, 0.717) is 18.9 Å². The molecule has 1 fully saturated rings. The van der Waals surface area contributed by atoms with Gasteiger partial charge >= 0.3 is 5.97 Å². The number of benzene rings is 1. The first-order valence-electron chi connectivity index (χ1n) is 10.2. The van der Waals surface area contributed by atoms with Crippen molar-refractivity contribution in [2.75, 3.05) is 13.7 Å². The van der Waals surface area contributed by atoms with Crippen molar-refractivity contribution in [2.24, 2.45) is 5.92 Å². The lowest BCUT2D eigenvalue weighted by atomic mass is 10.1. The van der Waals surface area contributed by atoms with Gasteiger partial charge in [-0.2, -0.15) is 0 Å². The Morgan fingerprint density at radius 1 is 1.19 bits per heavy atom. The Kier molecular flexibility index (Phi) is 9.27. The number of hydrogen-bond donors (Lipinski definition) is 3. The van der Waals surface area contributed by atoms with E-state index in [1.807, 2.05) is 30.3 Å². The van der Waals surface area contributed by atoms with E-state index in [2.05, 4.69) is 10.3 Å². The van der Waals surface area contributed by atoms with Crippen molar-refractivity contribution in [3.63, 3.8) is 0 Å². The molecule has 1 unspecified atom stereocenters. The molecule has 8 heteroatoms. The highest BCUT2D eigenvalue weighted by molar-refractivity contribution is 5.97. The number of hydrogen-bond acceptors (Lipinski definition) is 7. The van der Waals surface area contributed by atoms with Crippen LogP contribution in [0.5, 0.6) is 11.5 Å². The summed E-state index contributed by atoms with van der Waals surface area (Å²) in [6, 6.07) is 10.2. The number of carbonyl (C=O) groups excluding carboxylic acids is 2. The Labute approximate surface area is 182 Å². The van der Waals surface area contributed by atoms with E-state index in [9.17, 15) is 14.7 Å². The van der Waals surface area contributed by atoms with Gasteiger partial charge in [-0.15, -0.1) is 0 Å². The number of carbonyl (C=O) groups is 2. The van der Waals surface area contributed by atoms with Gasteiger partial charge in [-0.05, 0) is 38.2 Å². The van der Waals surface area contributed by atoms with Gasteiger partial charge in [0.15, 0.2) is 17.2 Å². The molecule has 0 radical (unpaired) electrons. The van der Waals surface area contributed by atoms with Gasteiger partial charge in [-0.3, -0.25) is 4.79 Å². The molecule has 0 bridgehead atoms. The van der Waals surface area contributed by atoms with Gasteiger partial charge in [0, 0.05) is 25.3 Å². The summed E-state index contributed by atoms with van der Waals surface area (Å²) < 4.78 is 10.3. The Bertz CT molecular complexity index is 854. The summed E-state index contributed by atoms with van der Waals surface area (Å²) in [7, 11) is 1.37. The lowest BCUT2D eigenvalue weighted by Gasteiger charge is -2.18. The number of rotatable bonds is 8. The van der Waals surface area contributed by atoms with Crippen LogP contribution in [-0.2, 0) is 16.0 Å². The molecule has 3 rings (SSSR count). The average Bonchev–Trinajstić information content (AvgIpc) is 3.59. The average molecular weight is 431 g/mol. The molecule has 1 aromatic heterocycles. The van der Waals surface area contributed by atoms with Crippen molar-refractivity contribution in [1.29, 1.82) is 0 Å². The largest absolute Gasteiger partial charge is 0.503 e. The molecule has 2 atom stereocenters. The van der Waals surface area contributed by atoms with E-state index >= 15 is 0 Å². The number of esters is 1. The number of aliphatic hydroxyl groups excluding tert-OH is 1. The Balaban J connectivity index is 0.000000597. The van der Waals surface area contributed by atoms with Crippen molar-refractivity contribution < 1.29 is 29.3 Å². The molecule has 2 aromatic rings. The summed E-state index contributed by atoms with van der Waals surface area (Å²) in [5, 5.41) is 20.6. The molecule has 8 nitrogen and oxygen atoms in total. The number of nitrogens with one attached hydrogen (secondary N) is 1. The van der Waals surface area contributed by atoms with Crippen molar-refractivity contribution >= 4 is 11.9 Å². The van der Waals surface area contributed by atoms with Gasteiger partial charge in [0.05, 0.1) is 7.11 Å². The number of ether oxygens (including phenoxy) is 2. The van der Waals surface area contributed by atoms with Crippen LogP contribution in [0.15, 0.2) is 42.6 Å². The molecule has 168 valence electrons. The van der Waals surface area contributed by atoms with Gasteiger partial charge in [0.2, 0.25) is 0 Å². The maximum atomic E-state index is 12.2. The number of pyridine rings is 1. The second-order valence-corrected chi connectivity index (χ2v) is 7.47. The molecular weight excluding hydrogens is 400 g/mol. The highest BCUT2D eigenvalue weighted by atomic mass is 16.5. The number of methoxy groups -OCH3 is 1. The third kappa shape index (κ3) is 7.90. The summed E-state index contributed by atoms with van der Waals surface area (Å²) >= 11 is 0. The van der Waals surface area contributed by atoms with Crippen molar-refractivity contribution in [3.05, 3.63) is 53.9 Å². The molecule has 1 aliphatic rings. The van der Waals surface area contributed by atoms with E-state index in [0.717, 1.165) is 5.56 Å². The Hall–Kier alpha value is -3.13. The minimum Gasteiger partial charge on any atom is -0.503 e. The first kappa shape index (κ1) is 24.1. The molecule has 1 heterocycles. The molecule has 1 aliphatic carbocycles. The van der Waals surface area contributed by atoms with Crippen LogP contribution < -0.4 is 10.1 Å². The summed E-state index contributed by atoms with van der Waals surface area (Å²) in [6.45, 7) is 3.71. The molecule has 1 saturated carbocycles. The first-order chi connectivity index (χ1) is 14.8. The zero-order valence-electron chi connectivity index (χ0n) is 18.1. The van der Waals surface area contributed by atoms with Crippen LogP contribution in [0.2, 0.25) is 0 Å². The van der Waals surface area contributed by atoms with Gasteiger partial charge < -0.3 is 25.0 Å².